The van der Waals surface area contributed by atoms with Gasteiger partial charge in [-0.2, -0.15) is 0 Å². The van der Waals surface area contributed by atoms with E-state index >= 15 is 0 Å². The lowest BCUT2D eigenvalue weighted by Crippen LogP contribution is -2.21. The van der Waals surface area contributed by atoms with Gasteiger partial charge in [0.15, 0.2) is 6.61 Å². The van der Waals surface area contributed by atoms with E-state index in [1.165, 1.54) is 31.4 Å². The molecule has 0 aliphatic heterocycles. The van der Waals surface area contributed by atoms with E-state index in [-0.39, 0.29) is 17.5 Å². The van der Waals surface area contributed by atoms with E-state index in [1.54, 1.807) is 12.1 Å². The van der Waals surface area contributed by atoms with E-state index in [0.29, 0.717) is 11.1 Å². The van der Waals surface area contributed by atoms with Crippen LogP contribution in [0.3, 0.4) is 0 Å². The smallest absolute Gasteiger partial charge is 0.338 e. The fourth-order valence-electron chi connectivity index (χ4n) is 2.20. The zero-order valence-electron chi connectivity index (χ0n) is 14.7. The van der Waals surface area contributed by atoms with E-state index in [0.717, 1.165) is 0 Å². The lowest BCUT2D eigenvalue weighted by molar-refractivity contribution is -0.119. The van der Waals surface area contributed by atoms with Gasteiger partial charge < -0.3 is 13.9 Å². The number of esters is 2. The van der Waals surface area contributed by atoms with Gasteiger partial charge in [0.1, 0.15) is 0 Å². The van der Waals surface area contributed by atoms with Gasteiger partial charge in [-0.05, 0) is 36.4 Å². The summed E-state index contributed by atoms with van der Waals surface area (Å²) in [5.41, 5.74) is 1.18. The Kier molecular flexibility index (Phi) is 5.75. The van der Waals surface area contributed by atoms with Crippen LogP contribution in [0.1, 0.15) is 20.7 Å². The maximum absolute atomic E-state index is 12.0. The van der Waals surface area contributed by atoms with Gasteiger partial charge in [-0.15, -0.1) is 5.10 Å². The monoisotopic (exact) mass is 381 g/mol. The van der Waals surface area contributed by atoms with Crippen molar-refractivity contribution in [1.82, 2.24) is 10.2 Å². The quantitative estimate of drug-likeness (QED) is 0.646. The highest BCUT2D eigenvalue weighted by molar-refractivity contribution is 5.95. The number of carbonyl (C=O) groups excluding carboxylic acids is 3. The summed E-state index contributed by atoms with van der Waals surface area (Å²) in [4.78, 5) is 35.2. The number of hydrogen-bond acceptors (Lipinski definition) is 8. The van der Waals surface area contributed by atoms with E-state index in [2.05, 4.69) is 20.3 Å². The van der Waals surface area contributed by atoms with Crippen LogP contribution in [0.2, 0.25) is 0 Å². The van der Waals surface area contributed by atoms with Gasteiger partial charge in [0.2, 0.25) is 5.89 Å². The third-order valence-electron chi connectivity index (χ3n) is 3.57. The molecule has 0 radical (unpaired) electrons. The van der Waals surface area contributed by atoms with Crippen molar-refractivity contribution < 1.29 is 28.3 Å². The summed E-state index contributed by atoms with van der Waals surface area (Å²) in [7, 11) is 1.26. The van der Waals surface area contributed by atoms with Crippen molar-refractivity contribution in [2.45, 2.75) is 0 Å². The molecule has 142 valence electrons. The van der Waals surface area contributed by atoms with Crippen molar-refractivity contribution in [1.29, 1.82) is 0 Å². The van der Waals surface area contributed by atoms with Gasteiger partial charge in [-0.1, -0.05) is 23.3 Å². The Balaban J connectivity index is 1.52. The van der Waals surface area contributed by atoms with Gasteiger partial charge in [-0.3, -0.25) is 10.1 Å². The number of benzene rings is 2. The van der Waals surface area contributed by atoms with Gasteiger partial charge >= 0.3 is 18.0 Å². The molecule has 3 rings (SSSR count). The molecule has 28 heavy (non-hydrogen) atoms. The minimum absolute atomic E-state index is 0.109. The molecule has 2 aromatic carbocycles. The molecule has 0 unspecified atom stereocenters. The van der Waals surface area contributed by atoms with Crippen molar-refractivity contribution in [3.63, 3.8) is 0 Å². The summed E-state index contributed by atoms with van der Waals surface area (Å²) in [5.74, 6) is -1.63. The molecule has 0 aliphatic carbocycles. The van der Waals surface area contributed by atoms with Crippen LogP contribution in [0.15, 0.2) is 59.0 Å². The molecule has 1 aromatic heterocycles. The molecular formula is C19H15N3O6. The summed E-state index contributed by atoms with van der Waals surface area (Å²) in [6, 6.07) is 14.6. The van der Waals surface area contributed by atoms with Gasteiger partial charge in [0, 0.05) is 5.56 Å². The molecule has 1 heterocycles. The number of carbonyl (C=O) groups is 3. The normalized spacial score (nSPS) is 10.2. The Hall–Kier alpha value is -4.01. The minimum atomic E-state index is -0.720. The van der Waals surface area contributed by atoms with E-state index in [4.69, 9.17) is 9.15 Å². The Morgan fingerprint density at radius 3 is 2.21 bits per heavy atom. The third-order valence-corrected chi connectivity index (χ3v) is 3.57. The molecule has 0 atom stereocenters. The maximum Gasteiger partial charge on any atom is 0.338 e. The van der Waals surface area contributed by atoms with E-state index < -0.39 is 24.5 Å². The Labute approximate surface area is 159 Å². The maximum atomic E-state index is 12.0. The van der Waals surface area contributed by atoms with Crippen molar-refractivity contribution in [3.8, 4) is 11.5 Å². The predicted octanol–water partition coefficient (Wildman–Crippen LogP) is 2.32. The fraction of sp³-hybridized carbons (Fsp3) is 0.105. The standard InChI is InChI=1S/C19H15N3O6/c1-26-17(24)13-7-9-14(10-8-13)18(25)27-11-15(23)20-19-22-21-16(28-19)12-5-3-2-4-6-12/h2-10H,11H2,1H3,(H,20,22,23). The molecule has 9 nitrogen and oxygen atoms in total. The molecular weight excluding hydrogens is 366 g/mol. The second-order valence-electron chi connectivity index (χ2n) is 5.47. The third kappa shape index (κ3) is 4.58. The number of nitrogens with zero attached hydrogens (tertiary/aromatic N) is 2. The van der Waals surface area contributed by atoms with Crippen molar-refractivity contribution in [2.24, 2.45) is 0 Å². The minimum Gasteiger partial charge on any atom is -0.465 e. The topological polar surface area (TPSA) is 121 Å². The summed E-state index contributed by atoms with van der Waals surface area (Å²) in [5, 5.41) is 9.91. The average molecular weight is 381 g/mol. The highest BCUT2D eigenvalue weighted by Crippen LogP contribution is 2.18. The molecule has 9 heteroatoms. The summed E-state index contributed by atoms with van der Waals surface area (Å²) < 4.78 is 14.8. The molecule has 0 bridgehead atoms. The number of methoxy groups -OCH3 is 1. The number of aromatic nitrogens is 2. The van der Waals surface area contributed by atoms with Crippen molar-refractivity contribution >= 4 is 23.9 Å². The Bertz CT molecular complexity index is 982. The number of nitrogens with one attached hydrogen (secondary N) is 1. The lowest BCUT2D eigenvalue weighted by atomic mass is 10.1. The van der Waals surface area contributed by atoms with Crippen LogP contribution in [0.4, 0.5) is 6.01 Å². The van der Waals surface area contributed by atoms with Crippen LogP contribution < -0.4 is 5.32 Å². The first-order valence-corrected chi connectivity index (χ1v) is 8.11. The van der Waals surface area contributed by atoms with Gasteiger partial charge in [-0.25, -0.2) is 9.59 Å². The number of ether oxygens (including phenoxy) is 2. The zero-order chi connectivity index (χ0) is 19.9. The van der Waals surface area contributed by atoms with Crippen LogP contribution in [0.25, 0.3) is 11.5 Å². The van der Waals surface area contributed by atoms with Gasteiger partial charge in [0.25, 0.3) is 5.91 Å². The predicted molar refractivity (Wildman–Crippen MR) is 96.4 cm³/mol. The van der Waals surface area contributed by atoms with Crippen LogP contribution in [0, 0.1) is 0 Å². The van der Waals surface area contributed by atoms with E-state index in [1.807, 2.05) is 18.2 Å². The molecule has 0 saturated heterocycles. The highest BCUT2D eigenvalue weighted by atomic mass is 16.5. The Morgan fingerprint density at radius 1 is 0.929 bits per heavy atom. The zero-order valence-corrected chi connectivity index (χ0v) is 14.7. The molecule has 3 aromatic rings. The van der Waals surface area contributed by atoms with E-state index in [9.17, 15) is 14.4 Å². The molecule has 1 amide bonds. The van der Waals surface area contributed by atoms with Crippen LogP contribution in [-0.2, 0) is 14.3 Å². The molecule has 0 aliphatic rings. The van der Waals surface area contributed by atoms with Gasteiger partial charge in [0.05, 0.1) is 18.2 Å². The summed E-state index contributed by atoms with van der Waals surface area (Å²) in [6.07, 6.45) is 0. The summed E-state index contributed by atoms with van der Waals surface area (Å²) >= 11 is 0. The molecule has 1 N–H and O–H groups in total. The first-order chi connectivity index (χ1) is 13.6. The number of anilines is 1. The lowest BCUT2D eigenvalue weighted by Gasteiger charge is -2.05. The molecule has 0 spiro atoms. The largest absolute Gasteiger partial charge is 0.465 e. The number of amides is 1. The SMILES string of the molecule is COC(=O)c1ccc(C(=O)OCC(=O)Nc2nnc(-c3ccccc3)o2)cc1. The second-order valence-corrected chi connectivity index (χ2v) is 5.47. The first-order valence-electron chi connectivity index (χ1n) is 8.11. The number of rotatable bonds is 6. The molecule has 0 fully saturated rings. The Morgan fingerprint density at radius 2 is 1.57 bits per heavy atom. The van der Waals surface area contributed by atoms with Crippen LogP contribution >= 0.6 is 0 Å². The fourth-order valence-corrected chi connectivity index (χ4v) is 2.20. The molecule has 0 saturated carbocycles. The van der Waals surface area contributed by atoms with Crippen molar-refractivity contribution in [3.05, 3.63) is 65.7 Å². The summed E-state index contributed by atoms with van der Waals surface area (Å²) in [6.45, 7) is -0.541. The van der Waals surface area contributed by atoms with Crippen molar-refractivity contribution in [2.75, 3.05) is 19.0 Å². The van der Waals surface area contributed by atoms with Crippen LogP contribution in [0.5, 0.6) is 0 Å². The average Bonchev–Trinajstić information content (AvgIpc) is 3.20. The number of hydrogen-bond donors (Lipinski definition) is 1. The first kappa shape index (κ1) is 18.8. The van der Waals surface area contributed by atoms with Crippen LogP contribution in [-0.4, -0.2) is 41.8 Å². The second kappa shape index (κ2) is 8.58. The highest BCUT2D eigenvalue weighted by Gasteiger charge is 2.14.